The first-order valence-electron chi connectivity index (χ1n) is 10.4. The highest BCUT2D eigenvalue weighted by Crippen LogP contribution is 2.27. The van der Waals surface area contributed by atoms with Gasteiger partial charge in [0.25, 0.3) is 5.56 Å². The first kappa shape index (κ1) is 20.8. The van der Waals surface area contributed by atoms with Gasteiger partial charge in [-0.25, -0.2) is 9.78 Å². The summed E-state index contributed by atoms with van der Waals surface area (Å²) >= 11 is 1.23. The standard InChI is InChI=1S/C23H27N3O3S/c1-13(2)16-7-5-15(6-8-16)11-26(17-9-10-17)12-18-24-21(27)19-14(3)20(23(28)29-4)30-22(19)25-18/h5-8,13,17H,9-12H2,1-4H3,(H,24,25,27)/p+1. The van der Waals surface area contributed by atoms with Crippen LogP contribution in [0.15, 0.2) is 29.1 Å². The van der Waals surface area contributed by atoms with Gasteiger partial charge in [0.15, 0.2) is 5.82 Å². The third-order valence-corrected chi connectivity index (χ3v) is 7.01. The summed E-state index contributed by atoms with van der Waals surface area (Å²) in [5, 5.41) is 0.487. The van der Waals surface area contributed by atoms with Crippen molar-refractivity contribution in [1.29, 1.82) is 0 Å². The number of esters is 1. The van der Waals surface area contributed by atoms with Crippen LogP contribution in [0.1, 0.15) is 64.8 Å². The van der Waals surface area contributed by atoms with Crippen molar-refractivity contribution in [2.24, 2.45) is 0 Å². The molecule has 1 aliphatic rings. The monoisotopic (exact) mass is 426 g/mol. The largest absolute Gasteiger partial charge is 0.465 e. The highest BCUT2D eigenvalue weighted by atomic mass is 32.1. The molecule has 158 valence electrons. The number of thiophene rings is 1. The van der Waals surface area contributed by atoms with Crippen molar-refractivity contribution in [3.63, 3.8) is 0 Å². The van der Waals surface area contributed by atoms with Crippen molar-refractivity contribution < 1.29 is 14.4 Å². The van der Waals surface area contributed by atoms with Gasteiger partial charge in [0.2, 0.25) is 0 Å². The number of H-pyrrole nitrogens is 1. The van der Waals surface area contributed by atoms with Gasteiger partial charge >= 0.3 is 5.97 Å². The number of quaternary nitrogens is 1. The minimum Gasteiger partial charge on any atom is -0.465 e. The third-order valence-electron chi connectivity index (χ3n) is 5.85. The fourth-order valence-electron chi connectivity index (χ4n) is 3.90. The maximum Gasteiger partial charge on any atom is 0.348 e. The second kappa shape index (κ2) is 8.32. The molecule has 1 saturated carbocycles. The second-order valence-corrected chi connectivity index (χ2v) is 9.42. The highest BCUT2D eigenvalue weighted by Gasteiger charge is 2.34. The predicted molar refractivity (Wildman–Crippen MR) is 118 cm³/mol. The molecule has 0 saturated heterocycles. The predicted octanol–water partition coefficient (Wildman–Crippen LogP) is 2.95. The van der Waals surface area contributed by atoms with E-state index in [4.69, 9.17) is 9.72 Å². The van der Waals surface area contributed by atoms with E-state index < -0.39 is 5.97 Å². The number of carbonyl (C=O) groups excluding carboxylic acids is 1. The van der Waals surface area contributed by atoms with Crippen molar-refractivity contribution in [1.82, 2.24) is 9.97 Å². The number of carbonyl (C=O) groups is 1. The topological polar surface area (TPSA) is 76.5 Å². The number of nitrogens with zero attached hydrogens (tertiary/aromatic N) is 1. The van der Waals surface area contributed by atoms with Crippen LogP contribution in [0.4, 0.5) is 0 Å². The Bertz CT molecular complexity index is 1130. The number of nitrogens with one attached hydrogen (secondary N) is 2. The lowest BCUT2D eigenvalue weighted by atomic mass is 10.0. The number of hydrogen-bond donors (Lipinski definition) is 2. The lowest BCUT2D eigenvalue weighted by Gasteiger charge is -2.19. The summed E-state index contributed by atoms with van der Waals surface area (Å²) in [6, 6.07) is 9.44. The van der Waals surface area contributed by atoms with Crippen LogP contribution >= 0.6 is 11.3 Å². The fourth-order valence-corrected chi connectivity index (χ4v) is 5.02. The summed E-state index contributed by atoms with van der Waals surface area (Å²) in [7, 11) is 1.35. The Morgan fingerprint density at radius 2 is 1.97 bits per heavy atom. The molecule has 7 heteroatoms. The van der Waals surface area contributed by atoms with Gasteiger partial charge in [0, 0.05) is 18.4 Å². The fraction of sp³-hybridized carbons (Fsp3) is 0.435. The maximum absolute atomic E-state index is 12.7. The normalized spacial score (nSPS) is 15.0. The Labute approximate surface area is 179 Å². The van der Waals surface area contributed by atoms with Gasteiger partial charge in [-0.2, -0.15) is 0 Å². The van der Waals surface area contributed by atoms with E-state index in [1.165, 1.54) is 47.3 Å². The van der Waals surface area contributed by atoms with E-state index in [9.17, 15) is 9.59 Å². The van der Waals surface area contributed by atoms with Crippen LogP contribution in [0.25, 0.3) is 10.2 Å². The van der Waals surface area contributed by atoms with E-state index in [2.05, 4.69) is 43.1 Å². The van der Waals surface area contributed by atoms with E-state index >= 15 is 0 Å². The summed E-state index contributed by atoms with van der Waals surface area (Å²) in [6.07, 6.45) is 2.41. The van der Waals surface area contributed by atoms with Crippen molar-refractivity contribution in [2.75, 3.05) is 7.11 Å². The maximum atomic E-state index is 12.7. The van der Waals surface area contributed by atoms with E-state index in [1.807, 2.05) is 0 Å². The zero-order valence-corrected chi connectivity index (χ0v) is 18.7. The minimum absolute atomic E-state index is 0.185. The van der Waals surface area contributed by atoms with Crippen molar-refractivity contribution in [3.8, 4) is 0 Å². The number of aromatic nitrogens is 2. The van der Waals surface area contributed by atoms with Crippen molar-refractivity contribution >= 4 is 27.5 Å². The summed E-state index contributed by atoms with van der Waals surface area (Å²) in [5.74, 6) is 0.772. The van der Waals surface area contributed by atoms with Crippen molar-refractivity contribution in [2.45, 2.75) is 58.7 Å². The lowest BCUT2D eigenvalue weighted by molar-refractivity contribution is -0.939. The molecule has 0 radical (unpaired) electrons. The molecule has 1 atom stereocenters. The van der Waals surface area contributed by atoms with Gasteiger partial charge in [-0.1, -0.05) is 38.1 Å². The minimum atomic E-state index is -0.425. The van der Waals surface area contributed by atoms with Crippen LogP contribution < -0.4 is 10.5 Å². The number of ether oxygens (including phenoxy) is 1. The molecule has 2 aromatic heterocycles. The Morgan fingerprint density at radius 1 is 1.27 bits per heavy atom. The molecular formula is C23H28N3O3S+. The summed E-state index contributed by atoms with van der Waals surface area (Å²) < 4.78 is 4.84. The molecule has 3 aromatic rings. The number of benzene rings is 1. The molecular weight excluding hydrogens is 398 g/mol. The molecule has 1 aromatic carbocycles. The number of fused-ring (bicyclic) bond motifs is 1. The Hall–Kier alpha value is -2.51. The molecule has 2 N–H and O–H groups in total. The highest BCUT2D eigenvalue weighted by molar-refractivity contribution is 7.20. The Balaban J connectivity index is 1.59. The van der Waals surface area contributed by atoms with E-state index in [-0.39, 0.29) is 5.56 Å². The number of rotatable bonds is 7. The molecule has 0 amide bonds. The van der Waals surface area contributed by atoms with Gasteiger partial charge in [0.1, 0.15) is 22.8 Å². The van der Waals surface area contributed by atoms with Crippen LogP contribution in [0.5, 0.6) is 0 Å². The Morgan fingerprint density at radius 3 is 2.57 bits per heavy atom. The number of hydrogen-bond acceptors (Lipinski definition) is 5. The Kier molecular flexibility index (Phi) is 5.75. The van der Waals surface area contributed by atoms with Crippen LogP contribution in [0.3, 0.4) is 0 Å². The molecule has 0 bridgehead atoms. The summed E-state index contributed by atoms with van der Waals surface area (Å²) in [6.45, 7) is 7.73. The zero-order valence-electron chi connectivity index (χ0n) is 17.9. The molecule has 1 aliphatic carbocycles. The molecule has 0 aliphatic heterocycles. The SMILES string of the molecule is COC(=O)c1sc2nc(C[NH+](Cc3ccc(C(C)C)cc3)C3CC3)[nH]c(=O)c2c1C. The van der Waals surface area contributed by atoms with E-state index in [0.29, 0.717) is 45.0 Å². The molecule has 0 spiro atoms. The number of aromatic amines is 1. The molecule has 30 heavy (non-hydrogen) atoms. The number of methoxy groups -OCH3 is 1. The molecule has 6 nitrogen and oxygen atoms in total. The van der Waals surface area contributed by atoms with Crippen LogP contribution in [-0.4, -0.2) is 29.1 Å². The van der Waals surface area contributed by atoms with Gasteiger partial charge in [-0.05, 0) is 24.0 Å². The van der Waals surface area contributed by atoms with Crippen LogP contribution in [0.2, 0.25) is 0 Å². The lowest BCUT2D eigenvalue weighted by Crippen LogP contribution is -3.10. The van der Waals surface area contributed by atoms with E-state index in [1.54, 1.807) is 6.92 Å². The zero-order chi connectivity index (χ0) is 21.4. The number of aryl methyl sites for hydroxylation is 1. The van der Waals surface area contributed by atoms with Crippen molar-refractivity contribution in [3.05, 3.63) is 62.0 Å². The molecule has 2 heterocycles. The first-order valence-corrected chi connectivity index (χ1v) is 11.2. The van der Waals surface area contributed by atoms with Gasteiger partial charge in [-0.3, -0.25) is 4.79 Å². The first-order chi connectivity index (χ1) is 14.4. The summed E-state index contributed by atoms with van der Waals surface area (Å²) in [5.41, 5.74) is 3.09. The van der Waals surface area contributed by atoms with Gasteiger partial charge < -0.3 is 14.6 Å². The average molecular weight is 427 g/mol. The second-order valence-electron chi connectivity index (χ2n) is 8.42. The van der Waals surface area contributed by atoms with Gasteiger partial charge in [-0.15, -0.1) is 11.3 Å². The van der Waals surface area contributed by atoms with Crippen LogP contribution in [0, 0.1) is 6.92 Å². The van der Waals surface area contributed by atoms with Gasteiger partial charge in [0.05, 0.1) is 18.5 Å². The molecule has 4 rings (SSSR count). The molecule has 1 unspecified atom stereocenters. The van der Waals surface area contributed by atoms with E-state index in [0.717, 1.165) is 6.54 Å². The molecule has 1 fully saturated rings. The van der Waals surface area contributed by atoms with Crippen LogP contribution in [-0.2, 0) is 17.8 Å². The summed E-state index contributed by atoms with van der Waals surface area (Å²) in [4.78, 5) is 34.8. The average Bonchev–Trinajstić information content (AvgIpc) is 3.51. The quantitative estimate of drug-likeness (QED) is 0.570. The third kappa shape index (κ3) is 4.18. The smallest absolute Gasteiger partial charge is 0.348 e.